The second-order valence-electron chi connectivity index (χ2n) is 5.13. The Labute approximate surface area is 102 Å². The minimum absolute atomic E-state index is 0.0453. The Morgan fingerprint density at radius 1 is 1.53 bits per heavy atom. The van der Waals surface area contributed by atoms with E-state index in [2.05, 4.69) is 5.32 Å². The third-order valence-corrected chi connectivity index (χ3v) is 3.42. The number of ether oxygens (including phenoxy) is 1. The second-order valence-corrected chi connectivity index (χ2v) is 5.13. The van der Waals surface area contributed by atoms with E-state index in [1.807, 2.05) is 13.8 Å². The topological polar surface area (TPSA) is 75.6 Å². The van der Waals surface area contributed by atoms with Gasteiger partial charge in [-0.25, -0.2) is 0 Å². The van der Waals surface area contributed by atoms with E-state index in [1.54, 1.807) is 6.92 Å². The largest absolute Gasteiger partial charge is 0.481 e. The van der Waals surface area contributed by atoms with Crippen LogP contribution in [0.25, 0.3) is 0 Å². The smallest absolute Gasteiger partial charge is 0.305 e. The maximum Gasteiger partial charge on any atom is 0.305 e. The molecule has 5 heteroatoms. The zero-order valence-electron chi connectivity index (χ0n) is 10.7. The van der Waals surface area contributed by atoms with Gasteiger partial charge in [-0.05, 0) is 25.7 Å². The summed E-state index contributed by atoms with van der Waals surface area (Å²) in [4.78, 5) is 22.8. The summed E-state index contributed by atoms with van der Waals surface area (Å²) in [5.74, 6) is -1.06. The van der Waals surface area contributed by atoms with Crippen molar-refractivity contribution >= 4 is 11.9 Å². The minimum Gasteiger partial charge on any atom is -0.481 e. The van der Waals surface area contributed by atoms with Crippen molar-refractivity contribution in [3.63, 3.8) is 0 Å². The van der Waals surface area contributed by atoms with E-state index < -0.39 is 17.6 Å². The summed E-state index contributed by atoms with van der Waals surface area (Å²) in [5.41, 5.74) is -0.727. The number of amides is 1. The second kappa shape index (κ2) is 5.49. The third kappa shape index (κ3) is 3.70. The Bertz CT molecular complexity index is 297. The highest BCUT2D eigenvalue weighted by Crippen LogP contribution is 2.22. The van der Waals surface area contributed by atoms with Gasteiger partial charge in [-0.15, -0.1) is 0 Å². The van der Waals surface area contributed by atoms with Crippen LogP contribution in [0.4, 0.5) is 0 Å². The van der Waals surface area contributed by atoms with Crippen LogP contribution in [0, 0.1) is 5.92 Å². The molecule has 0 aliphatic carbocycles. The summed E-state index contributed by atoms with van der Waals surface area (Å²) in [5, 5.41) is 11.7. The molecule has 2 N–H and O–H groups in total. The number of rotatable bonds is 5. The van der Waals surface area contributed by atoms with Crippen molar-refractivity contribution in [2.45, 2.75) is 51.7 Å². The molecule has 0 aromatic rings. The number of carbonyl (C=O) groups is 2. The molecule has 0 bridgehead atoms. The number of hydrogen-bond acceptors (Lipinski definition) is 3. The van der Waals surface area contributed by atoms with Gasteiger partial charge in [0.25, 0.3) is 0 Å². The van der Waals surface area contributed by atoms with Crippen LogP contribution in [0.1, 0.15) is 40.0 Å². The molecule has 0 spiro atoms. The van der Waals surface area contributed by atoms with Gasteiger partial charge in [-0.2, -0.15) is 0 Å². The van der Waals surface area contributed by atoms with Gasteiger partial charge < -0.3 is 15.2 Å². The maximum absolute atomic E-state index is 11.9. The average molecular weight is 243 g/mol. The molecule has 17 heavy (non-hydrogen) atoms. The molecule has 1 aliphatic heterocycles. The highest BCUT2D eigenvalue weighted by atomic mass is 16.5. The summed E-state index contributed by atoms with van der Waals surface area (Å²) in [6.45, 7) is 6.17. The SMILES string of the molecule is CC(C)C(C)(CC(=O)O)NC(=O)C1CCCO1. The lowest BCUT2D eigenvalue weighted by molar-refractivity contribution is -0.140. The number of hydrogen-bond donors (Lipinski definition) is 2. The molecule has 1 saturated heterocycles. The number of nitrogens with one attached hydrogen (secondary N) is 1. The monoisotopic (exact) mass is 243 g/mol. The quantitative estimate of drug-likeness (QED) is 0.760. The highest BCUT2D eigenvalue weighted by Gasteiger charge is 2.35. The fourth-order valence-corrected chi connectivity index (χ4v) is 1.85. The minimum atomic E-state index is -0.908. The molecule has 1 fully saturated rings. The van der Waals surface area contributed by atoms with Crippen LogP contribution < -0.4 is 5.32 Å². The Balaban J connectivity index is 2.65. The van der Waals surface area contributed by atoms with Gasteiger partial charge in [0.1, 0.15) is 6.10 Å². The normalized spacial score (nSPS) is 23.4. The van der Waals surface area contributed by atoms with E-state index in [9.17, 15) is 9.59 Å². The van der Waals surface area contributed by atoms with Crippen LogP contribution in [-0.4, -0.2) is 35.2 Å². The highest BCUT2D eigenvalue weighted by molar-refractivity contribution is 5.82. The van der Waals surface area contributed by atoms with Crippen molar-refractivity contribution < 1.29 is 19.4 Å². The molecule has 1 aliphatic rings. The number of aliphatic carboxylic acids is 1. The Hall–Kier alpha value is -1.10. The molecule has 2 unspecified atom stereocenters. The molecular weight excluding hydrogens is 222 g/mol. The molecule has 0 radical (unpaired) electrons. The summed E-state index contributed by atoms with van der Waals surface area (Å²) >= 11 is 0. The molecule has 98 valence electrons. The summed E-state index contributed by atoms with van der Waals surface area (Å²) in [6.07, 6.45) is 1.10. The van der Waals surface area contributed by atoms with Crippen LogP contribution in [0.5, 0.6) is 0 Å². The lowest BCUT2D eigenvalue weighted by atomic mass is 9.85. The summed E-state index contributed by atoms with van der Waals surface area (Å²) in [7, 11) is 0. The predicted molar refractivity (Wildman–Crippen MR) is 62.6 cm³/mol. The van der Waals surface area contributed by atoms with Crippen LogP contribution in [-0.2, 0) is 14.3 Å². The van der Waals surface area contributed by atoms with Crippen molar-refractivity contribution in [3.8, 4) is 0 Å². The molecule has 1 rings (SSSR count). The maximum atomic E-state index is 11.9. The first-order valence-corrected chi connectivity index (χ1v) is 6.00. The van der Waals surface area contributed by atoms with Gasteiger partial charge in [0.05, 0.1) is 12.0 Å². The van der Waals surface area contributed by atoms with Crippen LogP contribution in [0.3, 0.4) is 0 Å². The van der Waals surface area contributed by atoms with Crippen molar-refractivity contribution in [2.24, 2.45) is 5.92 Å². The van der Waals surface area contributed by atoms with Crippen LogP contribution in [0.15, 0.2) is 0 Å². The molecule has 0 aromatic carbocycles. The first-order valence-electron chi connectivity index (χ1n) is 6.00. The van der Waals surface area contributed by atoms with Gasteiger partial charge in [-0.3, -0.25) is 9.59 Å². The number of carboxylic acid groups (broad SMARTS) is 1. The Kier molecular flexibility index (Phi) is 4.51. The van der Waals surface area contributed by atoms with Crippen molar-refractivity contribution in [3.05, 3.63) is 0 Å². The molecule has 1 amide bonds. The van der Waals surface area contributed by atoms with E-state index in [4.69, 9.17) is 9.84 Å². The van der Waals surface area contributed by atoms with E-state index in [0.717, 1.165) is 6.42 Å². The average Bonchev–Trinajstić information content (AvgIpc) is 2.68. The lowest BCUT2D eigenvalue weighted by Gasteiger charge is -2.34. The number of carboxylic acids is 1. The molecule has 1 heterocycles. The van der Waals surface area contributed by atoms with Crippen molar-refractivity contribution in [2.75, 3.05) is 6.61 Å². The lowest BCUT2D eigenvalue weighted by Crippen LogP contribution is -2.54. The van der Waals surface area contributed by atoms with Crippen LogP contribution >= 0.6 is 0 Å². The molecule has 2 atom stereocenters. The van der Waals surface area contributed by atoms with E-state index in [-0.39, 0.29) is 18.2 Å². The summed E-state index contributed by atoms with van der Waals surface area (Å²) in [6, 6.07) is 0. The van der Waals surface area contributed by atoms with Gasteiger partial charge in [0.2, 0.25) is 5.91 Å². The van der Waals surface area contributed by atoms with E-state index in [0.29, 0.717) is 13.0 Å². The molecule has 0 aromatic heterocycles. The fourth-order valence-electron chi connectivity index (χ4n) is 1.85. The van der Waals surface area contributed by atoms with E-state index >= 15 is 0 Å². The van der Waals surface area contributed by atoms with Gasteiger partial charge in [-0.1, -0.05) is 13.8 Å². The van der Waals surface area contributed by atoms with Gasteiger partial charge in [0, 0.05) is 6.61 Å². The Morgan fingerprint density at radius 2 is 2.18 bits per heavy atom. The first-order chi connectivity index (χ1) is 7.85. The molecule has 5 nitrogen and oxygen atoms in total. The third-order valence-electron chi connectivity index (χ3n) is 3.42. The molecule has 0 saturated carbocycles. The first kappa shape index (κ1) is 14.0. The zero-order valence-corrected chi connectivity index (χ0v) is 10.7. The van der Waals surface area contributed by atoms with Crippen molar-refractivity contribution in [1.29, 1.82) is 0 Å². The molecular formula is C12H21NO4. The van der Waals surface area contributed by atoms with Crippen molar-refractivity contribution in [1.82, 2.24) is 5.32 Å². The van der Waals surface area contributed by atoms with Gasteiger partial charge >= 0.3 is 5.97 Å². The van der Waals surface area contributed by atoms with Crippen LogP contribution in [0.2, 0.25) is 0 Å². The Morgan fingerprint density at radius 3 is 2.59 bits per heavy atom. The standard InChI is InChI=1S/C12H21NO4/c1-8(2)12(3,7-10(14)15)13-11(16)9-5-4-6-17-9/h8-9H,4-7H2,1-3H3,(H,13,16)(H,14,15). The predicted octanol–water partition coefficient (Wildman–Crippen LogP) is 1.17. The zero-order chi connectivity index (χ0) is 13.1. The van der Waals surface area contributed by atoms with E-state index in [1.165, 1.54) is 0 Å². The van der Waals surface area contributed by atoms with Gasteiger partial charge in [0.15, 0.2) is 0 Å². The summed E-state index contributed by atoms with van der Waals surface area (Å²) < 4.78 is 5.29. The fraction of sp³-hybridized carbons (Fsp3) is 0.833. The number of carbonyl (C=O) groups excluding carboxylic acids is 1.